The minimum atomic E-state index is -0.281. The summed E-state index contributed by atoms with van der Waals surface area (Å²) in [6, 6.07) is 13.9. The van der Waals surface area contributed by atoms with Crippen molar-refractivity contribution in [3.8, 4) is 5.75 Å². The van der Waals surface area contributed by atoms with E-state index in [-0.39, 0.29) is 28.9 Å². The number of carbonyl (C=O) groups excluding carboxylic acids is 1. The SMILES string of the molecule is C/N=c1\n(CC(=O)c2cc(C(C)(C)C)c(O)c(C(C)(C)C)c2)ccn1Cc1ccccc1. The summed E-state index contributed by atoms with van der Waals surface area (Å²) in [6.45, 7) is 13.2. The van der Waals surface area contributed by atoms with Crippen LogP contribution in [-0.4, -0.2) is 27.1 Å². The van der Waals surface area contributed by atoms with Crippen molar-refractivity contribution in [2.75, 3.05) is 7.05 Å². The fraction of sp³-hybridized carbons (Fsp3) is 0.407. The van der Waals surface area contributed by atoms with Gasteiger partial charge in [-0.15, -0.1) is 0 Å². The van der Waals surface area contributed by atoms with Gasteiger partial charge in [0.1, 0.15) is 5.75 Å². The first-order valence-electron chi connectivity index (χ1n) is 11.1. The van der Waals surface area contributed by atoms with Gasteiger partial charge in [0.2, 0.25) is 5.62 Å². The molecule has 0 spiro atoms. The number of rotatable bonds is 5. The summed E-state index contributed by atoms with van der Waals surface area (Å²) in [5, 5.41) is 10.9. The van der Waals surface area contributed by atoms with Crippen LogP contribution in [-0.2, 0) is 23.9 Å². The van der Waals surface area contributed by atoms with Gasteiger partial charge < -0.3 is 14.2 Å². The van der Waals surface area contributed by atoms with Crippen molar-refractivity contribution in [1.82, 2.24) is 9.13 Å². The lowest BCUT2D eigenvalue weighted by Gasteiger charge is -2.28. The molecule has 0 aliphatic heterocycles. The highest BCUT2D eigenvalue weighted by Crippen LogP contribution is 2.39. The lowest BCUT2D eigenvalue weighted by atomic mass is 9.78. The van der Waals surface area contributed by atoms with Gasteiger partial charge in [-0.3, -0.25) is 9.79 Å². The molecule has 0 amide bonds. The second-order valence-corrected chi connectivity index (χ2v) is 10.4. The first kappa shape index (κ1) is 23.6. The van der Waals surface area contributed by atoms with Crippen LogP contribution >= 0.6 is 0 Å². The van der Waals surface area contributed by atoms with Crippen molar-refractivity contribution < 1.29 is 9.90 Å². The van der Waals surface area contributed by atoms with E-state index in [9.17, 15) is 9.90 Å². The number of hydrogen-bond donors (Lipinski definition) is 1. The third kappa shape index (κ3) is 5.04. The number of aromatic nitrogens is 2. The van der Waals surface area contributed by atoms with Crippen LogP contribution in [0.15, 0.2) is 59.9 Å². The molecule has 5 nitrogen and oxygen atoms in total. The van der Waals surface area contributed by atoms with Crippen LogP contribution in [0, 0.1) is 0 Å². The van der Waals surface area contributed by atoms with Crippen molar-refractivity contribution in [1.29, 1.82) is 0 Å². The first-order valence-corrected chi connectivity index (χ1v) is 11.1. The summed E-state index contributed by atoms with van der Waals surface area (Å²) in [5.74, 6) is 0.279. The first-order chi connectivity index (χ1) is 14.9. The third-order valence-electron chi connectivity index (χ3n) is 5.70. The molecule has 0 saturated heterocycles. The molecule has 0 bridgehead atoms. The largest absolute Gasteiger partial charge is 0.507 e. The number of Topliss-reactive ketones (excluding diaryl/α,β-unsaturated/α-hetero) is 1. The molecule has 0 atom stereocenters. The molecule has 0 radical (unpaired) electrons. The highest BCUT2D eigenvalue weighted by Gasteiger charge is 2.27. The molecule has 1 N–H and O–H groups in total. The number of phenolic OH excluding ortho intramolecular Hbond substituents is 1. The Labute approximate surface area is 191 Å². The van der Waals surface area contributed by atoms with Crippen LogP contribution in [0.1, 0.15) is 68.6 Å². The maximum Gasteiger partial charge on any atom is 0.205 e. The summed E-state index contributed by atoms with van der Waals surface area (Å²) < 4.78 is 3.92. The average molecular weight is 434 g/mol. The molecule has 0 unspecified atom stereocenters. The van der Waals surface area contributed by atoms with Gasteiger partial charge in [-0.25, -0.2) is 0 Å². The Bertz CT molecular complexity index is 1140. The molecule has 0 aliphatic carbocycles. The van der Waals surface area contributed by atoms with E-state index in [1.54, 1.807) is 7.05 Å². The predicted molar refractivity (Wildman–Crippen MR) is 129 cm³/mol. The lowest BCUT2D eigenvalue weighted by molar-refractivity contribution is 0.0970. The molecule has 2 aromatic carbocycles. The number of benzene rings is 2. The maximum atomic E-state index is 13.4. The lowest BCUT2D eigenvalue weighted by Crippen LogP contribution is -2.29. The molecule has 5 heteroatoms. The molecule has 170 valence electrons. The van der Waals surface area contributed by atoms with E-state index >= 15 is 0 Å². The monoisotopic (exact) mass is 433 g/mol. The fourth-order valence-corrected chi connectivity index (χ4v) is 3.93. The van der Waals surface area contributed by atoms with Crippen LogP contribution in [0.4, 0.5) is 0 Å². The molecule has 1 aromatic heterocycles. The highest BCUT2D eigenvalue weighted by molar-refractivity contribution is 5.96. The van der Waals surface area contributed by atoms with Gasteiger partial charge in [0.15, 0.2) is 5.78 Å². The van der Waals surface area contributed by atoms with Crippen LogP contribution in [0.3, 0.4) is 0 Å². The quantitative estimate of drug-likeness (QED) is 0.572. The van der Waals surface area contributed by atoms with Gasteiger partial charge >= 0.3 is 0 Å². The van der Waals surface area contributed by atoms with Crippen LogP contribution in [0.5, 0.6) is 5.75 Å². The van der Waals surface area contributed by atoms with Crippen LogP contribution in [0.2, 0.25) is 0 Å². The van der Waals surface area contributed by atoms with Crippen LogP contribution in [0.25, 0.3) is 0 Å². The van der Waals surface area contributed by atoms with Crippen molar-refractivity contribution in [3.63, 3.8) is 0 Å². The second-order valence-electron chi connectivity index (χ2n) is 10.4. The number of imidazole rings is 1. The summed E-state index contributed by atoms with van der Waals surface area (Å²) in [5.41, 5.74) is 3.55. The zero-order valence-electron chi connectivity index (χ0n) is 20.3. The number of nitrogens with zero attached hydrogens (tertiary/aromatic N) is 3. The number of carbonyl (C=O) groups is 1. The fourth-order valence-electron chi connectivity index (χ4n) is 3.93. The van der Waals surface area contributed by atoms with E-state index in [0.29, 0.717) is 12.1 Å². The molecule has 0 saturated carbocycles. The van der Waals surface area contributed by atoms with Gasteiger partial charge in [-0.05, 0) is 28.5 Å². The summed E-state index contributed by atoms with van der Waals surface area (Å²) in [4.78, 5) is 17.8. The Hall–Kier alpha value is -3.08. The van der Waals surface area contributed by atoms with E-state index in [1.165, 1.54) is 5.56 Å². The average Bonchev–Trinajstić information content (AvgIpc) is 3.08. The van der Waals surface area contributed by atoms with Gasteiger partial charge in [-0.2, -0.15) is 0 Å². The number of ketones is 1. The molecule has 3 rings (SSSR count). The second kappa shape index (κ2) is 8.81. The normalized spacial score (nSPS) is 12.9. The molecular weight excluding hydrogens is 398 g/mol. The zero-order valence-corrected chi connectivity index (χ0v) is 20.3. The Kier molecular flexibility index (Phi) is 6.49. The topological polar surface area (TPSA) is 59.5 Å². The summed E-state index contributed by atoms with van der Waals surface area (Å²) in [7, 11) is 1.74. The Morgan fingerprint density at radius 1 is 0.906 bits per heavy atom. The van der Waals surface area contributed by atoms with Crippen LogP contribution < -0.4 is 5.62 Å². The standard InChI is InChI=1S/C27H35N3O2/c1-26(2,3)21-15-20(16-22(24(21)32)27(4,5)6)23(31)18-30-14-13-29(25(30)28-7)17-19-11-9-8-10-12-19/h8-16,32H,17-18H2,1-7H3/b28-25-. The molecule has 1 heterocycles. The van der Waals surface area contributed by atoms with Crippen molar-refractivity contribution in [2.45, 2.75) is 65.5 Å². The van der Waals surface area contributed by atoms with Gasteiger partial charge in [0.25, 0.3) is 0 Å². The molecule has 0 fully saturated rings. The van der Waals surface area contributed by atoms with Crippen molar-refractivity contribution in [3.05, 3.63) is 82.7 Å². The van der Waals surface area contributed by atoms with Crippen molar-refractivity contribution >= 4 is 5.78 Å². The minimum absolute atomic E-state index is 0.00615. The van der Waals surface area contributed by atoms with E-state index in [2.05, 4.69) is 58.7 Å². The van der Waals surface area contributed by atoms with E-state index in [1.807, 2.05) is 51.9 Å². The third-order valence-corrected chi connectivity index (χ3v) is 5.70. The smallest absolute Gasteiger partial charge is 0.205 e. The summed E-state index contributed by atoms with van der Waals surface area (Å²) >= 11 is 0. The minimum Gasteiger partial charge on any atom is -0.507 e. The number of hydrogen-bond acceptors (Lipinski definition) is 3. The van der Waals surface area contributed by atoms with Crippen molar-refractivity contribution in [2.24, 2.45) is 4.99 Å². The summed E-state index contributed by atoms with van der Waals surface area (Å²) in [6.07, 6.45) is 3.86. The molecular formula is C27H35N3O2. The number of phenols is 1. The van der Waals surface area contributed by atoms with Gasteiger partial charge in [0, 0.05) is 36.1 Å². The van der Waals surface area contributed by atoms with E-state index in [4.69, 9.17) is 0 Å². The highest BCUT2D eigenvalue weighted by atomic mass is 16.3. The van der Waals surface area contributed by atoms with E-state index in [0.717, 1.165) is 16.7 Å². The maximum absolute atomic E-state index is 13.4. The van der Waals surface area contributed by atoms with Gasteiger partial charge in [-0.1, -0.05) is 71.9 Å². The zero-order chi connectivity index (χ0) is 23.7. The number of aromatic hydroxyl groups is 1. The van der Waals surface area contributed by atoms with Gasteiger partial charge in [0.05, 0.1) is 13.1 Å². The predicted octanol–water partition coefficient (Wildman–Crippen LogP) is 5.05. The van der Waals surface area contributed by atoms with E-state index < -0.39 is 0 Å². The molecule has 32 heavy (non-hydrogen) atoms. The Morgan fingerprint density at radius 2 is 1.44 bits per heavy atom. The Morgan fingerprint density at radius 3 is 1.94 bits per heavy atom. The Balaban J connectivity index is 1.97. The molecule has 0 aliphatic rings. The molecule has 3 aromatic rings.